The van der Waals surface area contributed by atoms with Crippen molar-refractivity contribution >= 4 is 33.4 Å². The van der Waals surface area contributed by atoms with Gasteiger partial charge in [0.1, 0.15) is 18.0 Å². The van der Waals surface area contributed by atoms with E-state index in [2.05, 4.69) is 15.3 Å². The minimum atomic E-state index is -3.73. The minimum Gasteiger partial charge on any atom is -0.465 e. The van der Waals surface area contributed by atoms with Crippen LogP contribution >= 0.6 is 0 Å². The predicted octanol–water partition coefficient (Wildman–Crippen LogP) is 1.69. The first kappa shape index (κ1) is 20.8. The highest BCUT2D eigenvalue weighted by molar-refractivity contribution is 7.89. The topological polar surface area (TPSA) is 142 Å². The number of piperidine rings is 1. The summed E-state index contributed by atoms with van der Waals surface area (Å²) in [5.41, 5.74) is 0.672. The maximum Gasteiger partial charge on any atom is 0.407 e. The zero-order valence-electron chi connectivity index (χ0n) is 16.0. The van der Waals surface area contributed by atoms with Gasteiger partial charge < -0.3 is 20.2 Å². The Hall–Kier alpha value is -2.92. The number of nitrogens with two attached hydrogens (primary N) is 1. The lowest BCUT2D eigenvalue weighted by molar-refractivity contribution is 0.125. The molecule has 0 bridgehead atoms. The summed E-state index contributed by atoms with van der Waals surface area (Å²) in [6.07, 6.45) is 2.24. The summed E-state index contributed by atoms with van der Waals surface area (Å²) >= 11 is 0. The Bertz CT molecular complexity index is 959. The van der Waals surface area contributed by atoms with Crippen molar-refractivity contribution < 1.29 is 18.3 Å². The fourth-order valence-electron chi connectivity index (χ4n) is 3.29. The number of amides is 1. The van der Waals surface area contributed by atoms with Gasteiger partial charge in [-0.2, -0.15) is 0 Å². The van der Waals surface area contributed by atoms with Crippen LogP contribution in [0.2, 0.25) is 0 Å². The number of anilines is 3. The lowest BCUT2D eigenvalue weighted by Gasteiger charge is -2.32. The van der Waals surface area contributed by atoms with Crippen LogP contribution in [0.5, 0.6) is 0 Å². The maximum atomic E-state index is 11.3. The average Bonchev–Trinajstić information content (AvgIpc) is 2.68. The van der Waals surface area contributed by atoms with E-state index in [1.807, 2.05) is 11.9 Å². The number of hydrogen-bond donors (Lipinski definition) is 3. The summed E-state index contributed by atoms with van der Waals surface area (Å²) in [6.45, 7) is 1.88. The van der Waals surface area contributed by atoms with Gasteiger partial charge in [0.15, 0.2) is 0 Å². The number of primary sulfonamides is 1. The number of benzene rings is 1. The Balaban J connectivity index is 1.61. The van der Waals surface area contributed by atoms with Crippen LogP contribution in [0.1, 0.15) is 12.8 Å². The second kappa shape index (κ2) is 8.62. The highest BCUT2D eigenvalue weighted by Crippen LogP contribution is 2.23. The predicted molar refractivity (Wildman–Crippen MR) is 109 cm³/mol. The van der Waals surface area contributed by atoms with Crippen molar-refractivity contribution in [3.05, 3.63) is 36.7 Å². The lowest BCUT2D eigenvalue weighted by atomic mass is 9.96. The molecule has 11 heteroatoms. The zero-order chi connectivity index (χ0) is 21.0. The molecule has 1 aliphatic rings. The smallest absolute Gasteiger partial charge is 0.407 e. The summed E-state index contributed by atoms with van der Waals surface area (Å²) in [6, 6.07) is 7.88. The minimum absolute atomic E-state index is 0.0418. The fourth-order valence-corrected chi connectivity index (χ4v) is 3.80. The van der Waals surface area contributed by atoms with Gasteiger partial charge >= 0.3 is 6.09 Å². The Morgan fingerprint density at radius 1 is 1.28 bits per heavy atom. The quantitative estimate of drug-likeness (QED) is 0.641. The van der Waals surface area contributed by atoms with Gasteiger partial charge in [0, 0.05) is 38.4 Å². The second-order valence-corrected chi connectivity index (χ2v) is 8.61. The van der Waals surface area contributed by atoms with Crippen LogP contribution in [0.25, 0.3) is 0 Å². The molecule has 29 heavy (non-hydrogen) atoms. The molecule has 3 rings (SSSR count). The largest absolute Gasteiger partial charge is 0.465 e. The lowest BCUT2D eigenvalue weighted by Crippen LogP contribution is -2.40. The van der Waals surface area contributed by atoms with E-state index in [0.717, 1.165) is 25.2 Å². The van der Waals surface area contributed by atoms with E-state index in [4.69, 9.17) is 10.2 Å². The third-order valence-corrected chi connectivity index (χ3v) is 5.85. The molecule has 0 unspecified atom stereocenters. The third kappa shape index (κ3) is 5.55. The highest BCUT2D eigenvalue weighted by Gasteiger charge is 2.23. The van der Waals surface area contributed by atoms with E-state index in [-0.39, 0.29) is 4.90 Å². The van der Waals surface area contributed by atoms with E-state index in [1.54, 1.807) is 18.2 Å². The van der Waals surface area contributed by atoms with Crippen LogP contribution in [0.15, 0.2) is 41.6 Å². The van der Waals surface area contributed by atoms with Crippen LogP contribution < -0.4 is 15.4 Å². The van der Waals surface area contributed by atoms with Gasteiger partial charge in [-0.05, 0) is 43.0 Å². The Morgan fingerprint density at radius 2 is 1.93 bits per heavy atom. The molecule has 0 radical (unpaired) electrons. The number of nitrogens with one attached hydrogen (secondary N) is 1. The molecule has 156 valence electrons. The van der Waals surface area contributed by atoms with Crippen molar-refractivity contribution in [2.45, 2.75) is 17.7 Å². The Kier molecular flexibility index (Phi) is 6.18. The van der Waals surface area contributed by atoms with Crippen LogP contribution in [-0.2, 0) is 10.0 Å². The molecule has 1 saturated heterocycles. The normalized spacial score (nSPS) is 15.2. The van der Waals surface area contributed by atoms with Crippen molar-refractivity contribution in [2.75, 3.05) is 36.9 Å². The first-order chi connectivity index (χ1) is 13.7. The number of sulfonamides is 1. The SMILES string of the molecule is CN(CC1CCN(C(=O)O)CC1)c1cc(Nc2ccc(S(N)(=O)=O)cc2)ncn1. The molecule has 0 spiro atoms. The highest BCUT2D eigenvalue weighted by atomic mass is 32.2. The first-order valence-electron chi connectivity index (χ1n) is 9.13. The summed E-state index contributed by atoms with van der Waals surface area (Å²) < 4.78 is 22.7. The number of rotatable bonds is 6. The van der Waals surface area contributed by atoms with Crippen molar-refractivity contribution in [1.29, 1.82) is 0 Å². The van der Waals surface area contributed by atoms with Crippen molar-refractivity contribution in [2.24, 2.45) is 11.1 Å². The molecule has 1 aliphatic heterocycles. The van der Waals surface area contributed by atoms with Gasteiger partial charge in [0.2, 0.25) is 10.0 Å². The summed E-state index contributed by atoms with van der Waals surface area (Å²) in [5.74, 6) is 1.71. The number of nitrogens with zero attached hydrogens (tertiary/aromatic N) is 4. The molecule has 1 aromatic carbocycles. The van der Waals surface area contributed by atoms with E-state index >= 15 is 0 Å². The molecule has 2 aromatic rings. The fraction of sp³-hybridized carbons (Fsp3) is 0.389. The van der Waals surface area contributed by atoms with Gasteiger partial charge in [-0.15, -0.1) is 0 Å². The molecule has 0 saturated carbocycles. The maximum absolute atomic E-state index is 11.3. The van der Waals surface area contributed by atoms with Crippen molar-refractivity contribution in [3.63, 3.8) is 0 Å². The van der Waals surface area contributed by atoms with E-state index in [1.165, 1.54) is 23.4 Å². The van der Waals surface area contributed by atoms with Gasteiger partial charge in [0.05, 0.1) is 4.90 Å². The molecule has 4 N–H and O–H groups in total. The molecular formula is C18H24N6O4S. The van der Waals surface area contributed by atoms with E-state index < -0.39 is 16.1 Å². The number of likely N-dealkylation sites (tertiary alicyclic amines) is 1. The second-order valence-electron chi connectivity index (χ2n) is 7.05. The van der Waals surface area contributed by atoms with Gasteiger partial charge in [-0.3, -0.25) is 0 Å². The summed E-state index contributed by atoms with van der Waals surface area (Å²) in [7, 11) is -1.79. The van der Waals surface area contributed by atoms with E-state index in [9.17, 15) is 13.2 Å². The van der Waals surface area contributed by atoms with Crippen LogP contribution in [-0.4, -0.2) is 61.2 Å². The molecule has 0 atom stereocenters. The van der Waals surface area contributed by atoms with Gasteiger partial charge in [0.25, 0.3) is 0 Å². The molecular weight excluding hydrogens is 396 g/mol. The van der Waals surface area contributed by atoms with Crippen molar-refractivity contribution in [3.8, 4) is 0 Å². The van der Waals surface area contributed by atoms with Crippen LogP contribution in [0.3, 0.4) is 0 Å². The number of aromatic nitrogens is 2. The standard InChI is InChI=1S/C18H24N6O4S/c1-23(11-13-6-8-24(9-7-13)18(25)26)17-10-16(20-12-21-17)22-14-2-4-15(5-3-14)29(19,27)28/h2-5,10,12-13H,6-9,11H2,1H3,(H,25,26)(H2,19,27,28)(H,20,21,22). The van der Waals surface area contributed by atoms with Crippen LogP contribution in [0.4, 0.5) is 22.1 Å². The summed E-state index contributed by atoms with van der Waals surface area (Å²) in [4.78, 5) is 23.0. The average molecular weight is 420 g/mol. The van der Waals surface area contributed by atoms with Gasteiger partial charge in [-0.1, -0.05) is 0 Å². The molecule has 1 amide bonds. The summed E-state index contributed by atoms with van der Waals surface area (Å²) in [5, 5.41) is 17.3. The third-order valence-electron chi connectivity index (χ3n) is 4.92. The Labute approximate surface area is 169 Å². The first-order valence-corrected chi connectivity index (χ1v) is 10.7. The molecule has 1 fully saturated rings. The van der Waals surface area contributed by atoms with E-state index in [0.29, 0.717) is 30.5 Å². The van der Waals surface area contributed by atoms with Crippen LogP contribution in [0, 0.1) is 5.92 Å². The molecule has 10 nitrogen and oxygen atoms in total. The molecule has 1 aromatic heterocycles. The molecule has 2 heterocycles. The number of carboxylic acid groups (broad SMARTS) is 1. The molecule has 0 aliphatic carbocycles. The number of carbonyl (C=O) groups is 1. The number of hydrogen-bond acceptors (Lipinski definition) is 7. The zero-order valence-corrected chi connectivity index (χ0v) is 16.8. The van der Waals surface area contributed by atoms with Gasteiger partial charge in [-0.25, -0.2) is 28.3 Å². The van der Waals surface area contributed by atoms with Crippen molar-refractivity contribution in [1.82, 2.24) is 14.9 Å². The Morgan fingerprint density at radius 3 is 2.52 bits per heavy atom. The monoisotopic (exact) mass is 420 g/mol.